The number of hydrogen-bond donors (Lipinski definition) is 1. The van der Waals surface area contributed by atoms with Crippen molar-refractivity contribution >= 4 is 38.9 Å². The first kappa shape index (κ1) is 17.0. The van der Waals surface area contributed by atoms with E-state index in [4.69, 9.17) is 0 Å². The summed E-state index contributed by atoms with van der Waals surface area (Å²) in [5, 5.41) is 0. The maximum absolute atomic E-state index is 12.8. The standard InChI is InChI=1S/C21H20BrN3O/c1-14-8-9-15(16(22)13-14)10-11-20(26)25-12-4-7-19(25)21-23-17-5-2-3-6-18(17)24-21/h2-3,5-6,8-11,13,19H,4,7,12H2,1H3,(H,23,24). The van der Waals surface area contributed by atoms with Crippen LogP contribution >= 0.6 is 15.9 Å². The number of imidazole rings is 1. The van der Waals surface area contributed by atoms with Crippen LogP contribution in [0.25, 0.3) is 17.1 Å². The molecule has 1 fully saturated rings. The highest BCUT2D eigenvalue weighted by Gasteiger charge is 2.31. The first-order chi connectivity index (χ1) is 12.6. The topological polar surface area (TPSA) is 49.0 Å². The predicted octanol–water partition coefficient (Wildman–Crippen LogP) is 5.01. The molecule has 1 aromatic heterocycles. The minimum Gasteiger partial charge on any atom is -0.340 e. The van der Waals surface area contributed by atoms with Crippen LogP contribution in [0.5, 0.6) is 0 Å². The number of halogens is 1. The summed E-state index contributed by atoms with van der Waals surface area (Å²) in [7, 11) is 0. The van der Waals surface area contributed by atoms with Gasteiger partial charge < -0.3 is 9.88 Å². The van der Waals surface area contributed by atoms with Gasteiger partial charge in [0.05, 0.1) is 17.1 Å². The summed E-state index contributed by atoms with van der Waals surface area (Å²) in [6.07, 6.45) is 5.47. The van der Waals surface area contributed by atoms with Crippen molar-refractivity contribution in [2.75, 3.05) is 6.54 Å². The van der Waals surface area contributed by atoms with E-state index < -0.39 is 0 Å². The molecule has 0 aliphatic carbocycles. The molecule has 1 unspecified atom stereocenters. The van der Waals surface area contributed by atoms with E-state index >= 15 is 0 Å². The van der Waals surface area contributed by atoms with Crippen molar-refractivity contribution in [2.24, 2.45) is 0 Å². The van der Waals surface area contributed by atoms with Gasteiger partial charge in [0.15, 0.2) is 0 Å². The molecule has 1 aliphatic rings. The molecule has 4 rings (SSSR count). The number of benzene rings is 2. The Morgan fingerprint density at radius 3 is 2.96 bits per heavy atom. The average Bonchev–Trinajstić information content (AvgIpc) is 3.27. The van der Waals surface area contributed by atoms with Crippen LogP contribution in [0, 0.1) is 6.92 Å². The molecule has 132 valence electrons. The highest BCUT2D eigenvalue weighted by atomic mass is 79.9. The minimum atomic E-state index is 0.0148. The molecular weight excluding hydrogens is 390 g/mol. The normalized spacial score (nSPS) is 17.5. The number of nitrogens with one attached hydrogen (secondary N) is 1. The Balaban J connectivity index is 1.55. The fraction of sp³-hybridized carbons (Fsp3) is 0.238. The van der Waals surface area contributed by atoms with Gasteiger partial charge in [0.1, 0.15) is 5.82 Å². The van der Waals surface area contributed by atoms with Crippen LogP contribution in [0.4, 0.5) is 0 Å². The molecule has 1 amide bonds. The van der Waals surface area contributed by atoms with Crippen molar-refractivity contribution in [1.29, 1.82) is 0 Å². The van der Waals surface area contributed by atoms with Gasteiger partial charge in [-0.05, 0) is 55.2 Å². The number of hydrogen-bond acceptors (Lipinski definition) is 2. The second-order valence-electron chi connectivity index (χ2n) is 6.69. The average molecular weight is 410 g/mol. The van der Waals surface area contributed by atoms with E-state index in [0.29, 0.717) is 0 Å². The molecular formula is C21H20BrN3O. The summed E-state index contributed by atoms with van der Waals surface area (Å²) >= 11 is 3.56. The zero-order chi connectivity index (χ0) is 18.1. The SMILES string of the molecule is Cc1ccc(C=CC(=O)N2CCCC2c2nc3ccccc3[nH]2)c(Br)c1. The second kappa shape index (κ2) is 7.08. The quantitative estimate of drug-likeness (QED) is 0.617. The van der Waals surface area contributed by atoms with Crippen molar-refractivity contribution < 1.29 is 4.79 Å². The largest absolute Gasteiger partial charge is 0.340 e. The number of rotatable bonds is 3. The number of H-pyrrole nitrogens is 1. The molecule has 4 nitrogen and oxygen atoms in total. The zero-order valence-electron chi connectivity index (χ0n) is 14.6. The zero-order valence-corrected chi connectivity index (χ0v) is 16.2. The molecule has 0 spiro atoms. The molecule has 2 heterocycles. The molecule has 26 heavy (non-hydrogen) atoms. The molecule has 0 saturated carbocycles. The smallest absolute Gasteiger partial charge is 0.247 e. The van der Waals surface area contributed by atoms with Crippen LogP contribution in [0.1, 0.15) is 35.8 Å². The lowest BCUT2D eigenvalue weighted by molar-refractivity contribution is -0.126. The van der Waals surface area contributed by atoms with Crippen molar-refractivity contribution in [2.45, 2.75) is 25.8 Å². The van der Waals surface area contributed by atoms with Crippen molar-refractivity contribution in [3.05, 3.63) is 70.0 Å². The highest BCUT2D eigenvalue weighted by molar-refractivity contribution is 9.10. The second-order valence-corrected chi connectivity index (χ2v) is 7.54. The van der Waals surface area contributed by atoms with E-state index in [1.807, 2.05) is 54.3 Å². The Labute approximate surface area is 161 Å². The first-order valence-electron chi connectivity index (χ1n) is 8.81. The molecule has 0 bridgehead atoms. The molecule has 5 heteroatoms. The van der Waals surface area contributed by atoms with Crippen LogP contribution in [-0.4, -0.2) is 27.3 Å². The maximum atomic E-state index is 12.8. The molecule has 3 aromatic rings. The van der Waals surface area contributed by atoms with Gasteiger partial charge in [0.2, 0.25) is 5.91 Å². The van der Waals surface area contributed by atoms with E-state index in [2.05, 4.69) is 32.0 Å². The number of fused-ring (bicyclic) bond motifs is 1. The van der Waals surface area contributed by atoms with Crippen LogP contribution in [0.2, 0.25) is 0 Å². The number of para-hydroxylation sites is 2. The van der Waals surface area contributed by atoms with Gasteiger partial charge in [-0.1, -0.05) is 40.2 Å². The molecule has 1 saturated heterocycles. The van der Waals surface area contributed by atoms with Crippen molar-refractivity contribution in [1.82, 2.24) is 14.9 Å². The summed E-state index contributed by atoms with van der Waals surface area (Å²) in [5.74, 6) is 0.905. The van der Waals surface area contributed by atoms with E-state index in [0.717, 1.165) is 46.3 Å². The van der Waals surface area contributed by atoms with Crippen LogP contribution in [-0.2, 0) is 4.79 Å². The number of nitrogens with zero attached hydrogens (tertiary/aromatic N) is 2. The Hall–Kier alpha value is -2.40. The van der Waals surface area contributed by atoms with E-state index in [1.165, 1.54) is 5.56 Å². The van der Waals surface area contributed by atoms with Gasteiger partial charge in [-0.3, -0.25) is 4.79 Å². The third-order valence-corrected chi connectivity index (χ3v) is 5.51. The number of aryl methyl sites for hydroxylation is 1. The molecule has 1 N–H and O–H groups in total. The maximum Gasteiger partial charge on any atom is 0.247 e. The van der Waals surface area contributed by atoms with Gasteiger partial charge in [-0.15, -0.1) is 0 Å². The van der Waals surface area contributed by atoms with E-state index in [-0.39, 0.29) is 11.9 Å². The lowest BCUT2D eigenvalue weighted by Crippen LogP contribution is -2.29. The van der Waals surface area contributed by atoms with Gasteiger partial charge >= 0.3 is 0 Å². The number of aromatic nitrogens is 2. The molecule has 2 aromatic carbocycles. The third-order valence-electron chi connectivity index (χ3n) is 4.82. The van der Waals surface area contributed by atoms with Crippen LogP contribution in [0.3, 0.4) is 0 Å². The Morgan fingerprint density at radius 2 is 2.15 bits per heavy atom. The summed E-state index contributed by atoms with van der Waals surface area (Å²) in [4.78, 5) is 22.8. The number of carbonyl (C=O) groups excluding carboxylic acids is 1. The van der Waals surface area contributed by atoms with E-state index in [9.17, 15) is 4.79 Å². The number of aromatic amines is 1. The number of likely N-dealkylation sites (tertiary alicyclic amines) is 1. The number of amides is 1. The summed E-state index contributed by atoms with van der Waals surface area (Å²) in [6.45, 7) is 2.81. The van der Waals surface area contributed by atoms with Gasteiger partial charge in [-0.25, -0.2) is 4.98 Å². The van der Waals surface area contributed by atoms with Crippen molar-refractivity contribution in [3.63, 3.8) is 0 Å². The highest BCUT2D eigenvalue weighted by Crippen LogP contribution is 2.31. The molecule has 1 aliphatic heterocycles. The van der Waals surface area contributed by atoms with Crippen LogP contribution < -0.4 is 0 Å². The van der Waals surface area contributed by atoms with Crippen molar-refractivity contribution in [3.8, 4) is 0 Å². The third kappa shape index (κ3) is 3.31. The molecule has 0 radical (unpaired) electrons. The Morgan fingerprint density at radius 1 is 1.31 bits per heavy atom. The Bertz CT molecular complexity index is 959. The lowest BCUT2D eigenvalue weighted by atomic mass is 10.1. The minimum absolute atomic E-state index is 0.0148. The monoisotopic (exact) mass is 409 g/mol. The summed E-state index contributed by atoms with van der Waals surface area (Å²) in [5.41, 5.74) is 4.15. The van der Waals surface area contributed by atoms with Gasteiger partial charge in [-0.2, -0.15) is 0 Å². The lowest BCUT2D eigenvalue weighted by Gasteiger charge is -2.21. The fourth-order valence-electron chi connectivity index (χ4n) is 3.47. The fourth-order valence-corrected chi connectivity index (χ4v) is 4.09. The first-order valence-corrected chi connectivity index (χ1v) is 9.60. The summed E-state index contributed by atoms with van der Waals surface area (Å²) in [6, 6.07) is 14.1. The van der Waals surface area contributed by atoms with E-state index in [1.54, 1.807) is 6.08 Å². The Kier molecular flexibility index (Phi) is 4.64. The van der Waals surface area contributed by atoms with Gasteiger partial charge in [0, 0.05) is 17.1 Å². The summed E-state index contributed by atoms with van der Waals surface area (Å²) < 4.78 is 0.997. The van der Waals surface area contributed by atoms with Gasteiger partial charge in [0.25, 0.3) is 0 Å². The predicted molar refractivity (Wildman–Crippen MR) is 108 cm³/mol. The molecule has 1 atom stereocenters. The van der Waals surface area contributed by atoms with Crippen LogP contribution in [0.15, 0.2) is 53.0 Å². The number of carbonyl (C=O) groups is 1.